The maximum atomic E-state index is 12.6. The molecule has 0 aliphatic carbocycles. The fourth-order valence-corrected chi connectivity index (χ4v) is 4.50. The maximum absolute atomic E-state index is 12.6. The van der Waals surface area contributed by atoms with Gasteiger partial charge in [-0.15, -0.1) is 0 Å². The summed E-state index contributed by atoms with van der Waals surface area (Å²) in [5.41, 5.74) is 2.08. The third kappa shape index (κ3) is 5.27. The lowest BCUT2D eigenvalue weighted by atomic mass is 10.1. The summed E-state index contributed by atoms with van der Waals surface area (Å²) in [4.78, 5) is 1.97. The molecule has 0 bridgehead atoms. The van der Waals surface area contributed by atoms with E-state index < -0.39 is 10.0 Å². The van der Waals surface area contributed by atoms with Crippen LogP contribution in [0.1, 0.15) is 24.0 Å². The number of benzene rings is 3. The quantitative estimate of drug-likeness (QED) is 0.510. The van der Waals surface area contributed by atoms with Crippen molar-refractivity contribution in [3.8, 4) is 11.5 Å². The predicted molar refractivity (Wildman–Crippen MR) is 129 cm³/mol. The Labute approximate surface area is 193 Å². The molecule has 1 aliphatic heterocycles. The summed E-state index contributed by atoms with van der Waals surface area (Å²) >= 11 is 5.49. The van der Waals surface area contributed by atoms with E-state index in [2.05, 4.69) is 4.90 Å². The zero-order chi connectivity index (χ0) is 22.6. The number of hydrogen-bond donors (Lipinski definition) is 1. The van der Waals surface area contributed by atoms with Crippen molar-refractivity contribution in [1.82, 2.24) is 0 Å². The van der Waals surface area contributed by atoms with Crippen molar-refractivity contribution >= 4 is 33.0 Å². The number of ether oxygens (including phenoxy) is 2. The Hall–Kier alpha value is -2.94. The number of nitrogens with two attached hydrogens (primary N) is 1. The fraction of sp³-hybridized carbons (Fsp3) is 0.208. The summed E-state index contributed by atoms with van der Waals surface area (Å²) in [5.74, 6) is 0.726. The Kier molecular flexibility index (Phi) is 6.74. The summed E-state index contributed by atoms with van der Waals surface area (Å²) < 4.78 is 37.0. The van der Waals surface area contributed by atoms with E-state index >= 15 is 0 Å². The van der Waals surface area contributed by atoms with E-state index in [1.807, 2.05) is 54.6 Å². The molecule has 0 aromatic heterocycles. The molecule has 1 heterocycles. The summed E-state index contributed by atoms with van der Waals surface area (Å²) in [7, 11) is -4.10. The van der Waals surface area contributed by atoms with Crippen LogP contribution in [0.25, 0.3) is 0 Å². The molecule has 0 radical (unpaired) electrons. The van der Waals surface area contributed by atoms with Crippen LogP contribution in [-0.4, -0.2) is 26.6 Å². The molecule has 3 aromatic carbocycles. The first-order valence-corrected chi connectivity index (χ1v) is 12.3. The maximum Gasteiger partial charge on any atom is 0.241 e. The Morgan fingerprint density at radius 2 is 1.59 bits per heavy atom. The first-order chi connectivity index (χ1) is 15.4. The Morgan fingerprint density at radius 3 is 2.22 bits per heavy atom. The highest BCUT2D eigenvalue weighted by Gasteiger charge is 2.27. The van der Waals surface area contributed by atoms with Gasteiger partial charge >= 0.3 is 0 Å². The zero-order valence-corrected chi connectivity index (χ0v) is 19.1. The third-order valence-electron chi connectivity index (χ3n) is 5.20. The molecule has 0 atom stereocenters. The number of hydrogen-bond acceptors (Lipinski definition) is 6. The second kappa shape index (κ2) is 9.68. The van der Waals surface area contributed by atoms with Gasteiger partial charge in [-0.2, -0.15) is 0 Å². The van der Waals surface area contributed by atoms with Crippen molar-refractivity contribution in [1.29, 1.82) is 0 Å². The standard InChI is InChI=1S/C24H24N2O4S2/c25-32(27,28)22-16-19(24(31)29-17-18-9-3-1-4-10-18)15-21(26-13-7-8-14-26)23(22)30-20-11-5-2-6-12-20/h1-6,9-12,15-16H,7-8,13-14,17H2,(H2,25,27,28). The average molecular weight is 469 g/mol. The molecule has 2 N–H and O–H groups in total. The van der Waals surface area contributed by atoms with Gasteiger partial charge in [0.05, 0.1) is 5.69 Å². The first-order valence-electron chi connectivity index (χ1n) is 10.3. The van der Waals surface area contributed by atoms with Crippen molar-refractivity contribution < 1.29 is 17.9 Å². The second-order valence-electron chi connectivity index (χ2n) is 7.54. The number of para-hydroxylation sites is 1. The summed E-state index contributed by atoms with van der Waals surface area (Å²) in [6.45, 7) is 1.86. The van der Waals surface area contributed by atoms with E-state index in [-0.39, 0.29) is 22.3 Å². The average Bonchev–Trinajstić information content (AvgIpc) is 3.33. The van der Waals surface area contributed by atoms with Gasteiger partial charge in [-0.1, -0.05) is 48.5 Å². The number of sulfonamides is 1. The molecule has 8 heteroatoms. The first kappa shape index (κ1) is 22.3. The van der Waals surface area contributed by atoms with Gasteiger partial charge < -0.3 is 14.4 Å². The minimum Gasteiger partial charge on any atom is -0.478 e. The molecule has 0 amide bonds. The van der Waals surface area contributed by atoms with Crippen LogP contribution in [0.3, 0.4) is 0 Å². The Morgan fingerprint density at radius 1 is 0.969 bits per heavy atom. The van der Waals surface area contributed by atoms with Crippen molar-refractivity contribution in [2.45, 2.75) is 24.3 Å². The largest absolute Gasteiger partial charge is 0.478 e. The van der Waals surface area contributed by atoms with Gasteiger partial charge in [-0.05, 0) is 54.9 Å². The lowest BCUT2D eigenvalue weighted by Gasteiger charge is -2.24. The number of primary sulfonamides is 1. The summed E-state index contributed by atoms with van der Waals surface area (Å²) in [5, 5.41) is 5.80. The molecule has 3 aromatic rings. The summed E-state index contributed by atoms with van der Waals surface area (Å²) in [6, 6.07) is 21.9. The Bertz CT molecular complexity index is 1190. The topological polar surface area (TPSA) is 81.9 Å². The lowest BCUT2D eigenvalue weighted by Crippen LogP contribution is -2.22. The van der Waals surface area contributed by atoms with Crippen LogP contribution in [0.4, 0.5) is 5.69 Å². The molecule has 0 unspecified atom stereocenters. The van der Waals surface area contributed by atoms with Crippen molar-refractivity contribution in [3.63, 3.8) is 0 Å². The lowest BCUT2D eigenvalue weighted by molar-refractivity contribution is 0.302. The van der Waals surface area contributed by atoms with Crippen LogP contribution >= 0.6 is 12.2 Å². The molecule has 0 spiro atoms. The summed E-state index contributed by atoms with van der Waals surface area (Å²) in [6.07, 6.45) is 2.02. The zero-order valence-electron chi connectivity index (χ0n) is 17.4. The smallest absolute Gasteiger partial charge is 0.241 e. The SMILES string of the molecule is NS(=O)(=O)c1cc(C(=S)OCc2ccccc2)cc(N2CCCC2)c1Oc1ccccc1. The second-order valence-corrected chi connectivity index (χ2v) is 9.44. The predicted octanol–water partition coefficient (Wildman–Crippen LogP) is 4.62. The van der Waals surface area contributed by atoms with E-state index in [4.69, 9.17) is 26.8 Å². The molecule has 0 saturated carbocycles. The number of anilines is 1. The normalized spacial score (nSPS) is 13.7. The molecular formula is C24H24N2O4S2. The number of nitrogens with zero attached hydrogens (tertiary/aromatic N) is 1. The monoisotopic (exact) mass is 468 g/mol. The van der Waals surface area contributed by atoms with E-state index in [0.717, 1.165) is 31.5 Å². The van der Waals surface area contributed by atoms with Crippen molar-refractivity contribution in [2.75, 3.05) is 18.0 Å². The molecule has 166 valence electrons. The molecule has 1 fully saturated rings. The highest BCUT2D eigenvalue weighted by molar-refractivity contribution is 7.89. The Balaban J connectivity index is 1.74. The van der Waals surface area contributed by atoms with Gasteiger partial charge in [-0.3, -0.25) is 0 Å². The van der Waals surface area contributed by atoms with Crippen LogP contribution in [0.5, 0.6) is 11.5 Å². The van der Waals surface area contributed by atoms with Gasteiger partial charge in [0.25, 0.3) is 0 Å². The van der Waals surface area contributed by atoms with Gasteiger partial charge in [0.1, 0.15) is 17.3 Å². The van der Waals surface area contributed by atoms with Crippen LogP contribution in [0.2, 0.25) is 0 Å². The van der Waals surface area contributed by atoms with E-state index in [1.54, 1.807) is 12.1 Å². The van der Waals surface area contributed by atoms with Gasteiger partial charge in [0, 0.05) is 18.7 Å². The molecule has 1 saturated heterocycles. The minimum atomic E-state index is -4.10. The van der Waals surface area contributed by atoms with Crippen molar-refractivity contribution in [3.05, 3.63) is 83.9 Å². The third-order valence-corrected chi connectivity index (χ3v) is 6.47. The molecule has 1 aliphatic rings. The van der Waals surface area contributed by atoms with Gasteiger partial charge in [-0.25, -0.2) is 13.6 Å². The minimum absolute atomic E-state index is 0.119. The fourth-order valence-electron chi connectivity index (χ4n) is 3.63. The van der Waals surface area contributed by atoms with Crippen LogP contribution in [0, 0.1) is 0 Å². The molecule has 4 rings (SSSR count). The molecule has 6 nitrogen and oxygen atoms in total. The van der Waals surface area contributed by atoms with Gasteiger partial charge in [0.15, 0.2) is 10.8 Å². The van der Waals surface area contributed by atoms with Crippen LogP contribution < -0.4 is 14.8 Å². The van der Waals surface area contributed by atoms with E-state index in [0.29, 0.717) is 17.0 Å². The molecule has 32 heavy (non-hydrogen) atoms. The molecular weight excluding hydrogens is 444 g/mol. The number of rotatable bonds is 7. The number of thiocarbonyl (C=S) groups is 1. The van der Waals surface area contributed by atoms with Gasteiger partial charge in [0.2, 0.25) is 10.0 Å². The van der Waals surface area contributed by atoms with Crippen LogP contribution in [0.15, 0.2) is 77.7 Å². The van der Waals surface area contributed by atoms with E-state index in [9.17, 15) is 8.42 Å². The highest BCUT2D eigenvalue weighted by Crippen LogP contribution is 2.40. The van der Waals surface area contributed by atoms with Crippen LogP contribution in [-0.2, 0) is 21.4 Å². The van der Waals surface area contributed by atoms with E-state index in [1.165, 1.54) is 6.07 Å². The van der Waals surface area contributed by atoms with Crippen molar-refractivity contribution in [2.24, 2.45) is 5.14 Å². The highest BCUT2D eigenvalue weighted by atomic mass is 32.2.